The molecular formula is C56H42N3+. The normalized spacial score (nSPS) is 12.5. The average molecular weight is 757 g/mol. The third-order valence-electron chi connectivity index (χ3n) is 12.0. The zero-order valence-corrected chi connectivity index (χ0v) is 33.4. The van der Waals surface area contributed by atoms with Gasteiger partial charge in [-0.15, -0.1) is 12.8 Å². The Labute approximate surface area is 344 Å². The SMILES string of the molecule is C#C.CC(=NC(c1ccccc1)=[N+](C)Cc1ccccc1)c1ccc2c3ccccc3c3c(-c4cccc5c4c4cccc6c7cc(C)ccc7n5c64)cccc3c2c1. The van der Waals surface area contributed by atoms with Gasteiger partial charge in [0.25, 0.3) is 0 Å². The second-order valence-corrected chi connectivity index (χ2v) is 15.5. The Bertz CT molecular complexity index is 3490. The Balaban J connectivity index is 0.00000207. The second kappa shape index (κ2) is 14.4. The van der Waals surface area contributed by atoms with Gasteiger partial charge in [-0.05, 0) is 97.3 Å². The van der Waals surface area contributed by atoms with Crippen LogP contribution in [0.25, 0.3) is 81.5 Å². The molecule has 11 rings (SSSR count). The van der Waals surface area contributed by atoms with Crippen LogP contribution < -0.4 is 0 Å². The molecule has 59 heavy (non-hydrogen) atoms. The summed E-state index contributed by atoms with van der Waals surface area (Å²) in [6.45, 7) is 5.09. The molecule has 9 aromatic carbocycles. The number of aryl methyl sites for hydroxylation is 1. The first-order chi connectivity index (χ1) is 29.0. The molecule has 0 bridgehead atoms. The Morgan fingerprint density at radius 1 is 0.508 bits per heavy atom. The van der Waals surface area contributed by atoms with Crippen molar-refractivity contribution in [2.75, 3.05) is 7.05 Å². The van der Waals surface area contributed by atoms with Crippen molar-refractivity contribution in [3.05, 3.63) is 198 Å². The maximum Gasteiger partial charge on any atom is 0.325 e. The topological polar surface area (TPSA) is 19.8 Å². The van der Waals surface area contributed by atoms with Crippen LogP contribution in [0, 0.1) is 19.8 Å². The van der Waals surface area contributed by atoms with E-state index in [1.54, 1.807) is 0 Å². The number of para-hydroxylation sites is 1. The van der Waals surface area contributed by atoms with Crippen molar-refractivity contribution < 1.29 is 4.58 Å². The molecule has 0 aliphatic rings. The third-order valence-corrected chi connectivity index (χ3v) is 12.0. The van der Waals surface area contributed by atoms with Crippen LogP contribution in [-0.2, 0) is 6.54 Å². The van der Waals surface area contributed by atoms with Gasteiger partial charge in [0.15, 0.2) is 5.71 Å². The zero-order chi connectivity index (χ0) is 40.2. The second-order valence-electron chi connectivity index (χ2n) is 15.5. The third kappa shape index (κ3) is 5.76. The molecule has 3 nitrogen and oxygen atoms in total. The molecule has 2 aromatic heterocycles. The van der Waals surface area contributed by atoms with E-state index in [1.807, 2.05) is 0 Å². The van der Waals surface area contributed by atoms with Crippen LogP contribution in [0.1, 0.15) is 29.2 Å². The van der Waals surface area contributed by atoms with E-state index in [0.29, 0.717) is 0 Å². The van der Waals surface area contributed by atoms with E-state index in [9.17, 15) is 0 Å². The van der Waals surface area contributed by atoms with Gasteiger partial charge in [-0.2, -0.15) is 0 Å². The van der Waals surface area contributed by atoms with Crippen LogP contribution in [0.2, 0.25) is 0 Å². The lowest BCUT2D eigenvalue weighted by molar-refractivity contribution is -0.514. The van der Waals surface area contributed by atoms with Crippen molar-refractivity contribution >= 4 is 82.0 Å². The molecule has 0 amide bonds. The lowest BCUT2D eigenvalue weighted by Gasteiger charge is -2.16. The molecule has 0 aliphatic carbocycles. The molecular weight excluding hydrogens is 715 g/mol. The molecule has 11 aromatic rings. The molecule has 3 heteroatoms. The molecule has 0 fully saturated rings. The van der Waals surface area contributed by atoms with Crippen LogP contribution in [-0.4, -0.2) is 27.6 Å². The van der Waals surface area contributed by atoms with E-state index in [1.165, 1.54) is 92.7 Å². The summed E-state index contributed by atoms with van der Waals surface area (Å²) in [7, 11) is 2.13. The summed E-state index contributed by atoms with van der Waals surface area (Å²) >= 11 is 0. The lowest BCUT2D eigenvalue weighted by atomic mass is 9.87. The molecule has 0 saturated heterocycles. The van der Waals surface area contributed by atoms with Gasteiger partial charge < -0.3 is 4.40 Å². The highest BCUT2D eigenvalue weighted by Crippen LogP contribution is 2.46. The smallest absolute Gasteiger partial charge is 0.308 e. The van der Waals surface area contributed by atoms with Crippen molar-refractivity contribution in [1.29, 1.82) is 0 Å². The van der Waals surface area contributed by atoms with Crippen molar-refractivity contribution in [3.63, 3.8) is 0 Å². The number of benzene rings is 9. The minimum absolute atomic E-state index is 0.762. The molecule has 0 radical (unpaired) electrons. The maximum absolute atomic E-state index is 5.38. The van der Waals surface area contributed by atoms with Crippen molar-refractivity contribution in [3.8, 4) is 24.0 Å². The zero-order valence-electron chi connectivity index (χ0n) is 33.4. The average Bonchev–Trinajstić information content (AvgIpc) is 3.81. The van der Waals surface area contributed by atoms with Crippen molar-refractivity contribution in [2.45, 2.75) is 20.4 Å². The Morgan fingerprint density at radius 3 is 1.92 bits per heavy atom. The number of aromatic nitrogens is 1. The molecule has 0 atom stereocenters. The minimum Gasteiger partial charge on any atom is -0.308 e. The monoisotopic (exact) mass is 756 g/mol. The van der Waals surface area contributed by atoms with Gasteiger partial charge in [-0.3, -0.25) is 4.58 Å². The molecule has 2 heterocycles. The number of fused-ring (bicyclic) bond motifs is 12. The number of terminal acetylenes is 1. The summed E-state index contributed by atoms with van der Waals surface area (Å²) in [5.41, 5.74) is 12.0. The first-order valence-corrected chi connectivity index (χ1v) is 20.1. The van der Waals surface area contributed by atoms with Gasteiger partial charge >= 0.3 is 5.84 Å². The largest absolute Gasteiger partial charge is 0.325 e. The highest BCUT2D eigenvalue weighted by atomic mass is 15.1. The van der Waals surface area contributed by atoms with Crippen LogP contribution >= 0.6 is 0 Å². The predicted octanol–water partition coefficient (Wildman–Crippen LogP) is 13.6. The van der Waals surface area contributed by atoms with E-state index in [0.717, 1.165) is 29.2 Å². The Morgan fingerprint density at radius 2 is 1.12 bits per heavy atom. The summed E-state index contributed by atoms with van der Waals surface area (Å²) in [5.74, 6) is 0.948. The number of hydrogen-bond donors (Lipinski definition) is 0. The summed E-state index contributed by atoms with van der Waals surface area (Å²) < 4.78 is 4.74. The van der Waals surface area contributed by atoms with Gasteiger partial charge in [0.05, 0.1) is 29.2 Å². The number of hydrogen-bond acceptors (Lipinski definition) is 0. The predicted molar refractivity (Wildman–Crippen MR) is 253 cm³/mol. The molecule has 0 N–H and O–H groups in total. The number of aliphatic imine (C=N–C) groups is 1. The first-order valence-electron chi connectivity index (χ1n) is 20.1. The van der Waals surface area contributed by atoms with Gasteiger partial charge in [0.2, 0.25) is 0 Å². The minimum atomic E-state index is 0.762. The molecule has 280 valence electrons. The summed E-state index contributed by atoms with van der Waals surface area (Å²) in [6, 6.07) is 64.4. The molecule has 0 aliphatic heterocycles. The summed E-state index contributed by atoms with van der Waals surface area (Å²) in [4.78, 5) is 5.38. The number of amidine groups is 1. The Kier molecular flexibility index (Phi) is 8.77. The van der Waals surface area contributed by atoms with E-state index < -0.39 is 0 Å². The van der Waals surface area contributed by atoms with Crippen molar-refractivity contribution in [1.82, 2.24) is 4.40 Å². The van der Waals surface area contributed by atoms with E-state index in [-0.39, 0.29) is 0 Å². The van der Waals surface area contributed by atoms with Crippen molar-refractivity contribution in [2.24, 2.45) is 4.99 Å². The van der Waals surface area contributed by atoms with Crippen LogP contribution in [0.5, 0.6) is 0 Å². The molecule has 0 unspecified atom stereocenters. The van der Waals surface area contributed by atoms with Crippen LogP contribution in [0.4, 0.5) is 0 Å². The summed E-state index contributed by atoms with van der Waals surface area (Å²) in [6.07, 6.45) is 8.00. The fourth-order valence-corrected chi connectivity index (χ4v) is 9.44. The van der Waals surface area contributed by atoms with Gasteiger partial charge in [-0.25, -0.2) is 0 Å². The van der Waals surface area contributed by atoms with Gasteiger partial charge in [0.1, 0.15) is 6.54 Å². The van der Waals surface area contributed by atoms with E-state index in [2.05, 4.69) is 219 Å². The highest BCUT2D eigenvalue weighted by Gasteiger charge is 2.22. The fourth-order valence-electron chi connectivity index (χ4n) is 9.44. The standard InChI is InChI=1S/C54H40N3.C2H2/c1-34-27-30-49-48(31-34)45-24-13-25-46-52-43(23-14-26-50(52)57(49)53(45)46)42-21-12-22-44-47-32-38(28-29-40(47)39-19-10-11-20-41(39)51(42)44)35(2)55-54(37-17-8-5-9-18-37)56(3)33-36-15-6-4-7-16-36;1-2/h4-32H,33H2,1-3H3;1-2H/q+1;. The summed E-state index contributed by atoms with van der Waals surface area (Å²) in [5, 5.41) is 12.8. The van der Waals surface area contributed by atoms with E-state index in [4.69, 9.17) is 4.99 Å². The lowest BCUT2D eigenvalue weighted by Crippen LogP contribution is -2.18. The molecule has 0 saturated carbocycles. The van der Waals surface area contributed by atoms with Gasteiger partial charge in [-0.1, -0.05) is 145 Å². The number of nitrogens with zero attached hydrogens (tertiary/aromatic N) is 3. The first kappa shape index (κ1) is 35.8. The maximum atomic E-state index is 5.38. The molecule has 0 spiro atoms. The van der Waals surface area contributed by atoms with Crippen LogP contribution in [0.15, 0.2) is 181 Å². The Hall–Kier alpha value is -7.54. The van der Waals surface area contributed by atoms with Gasteiger partial charge in [0, 0.05) is 34.0 Å². The van der Waals surface area contributed by atoms with Crippen LogP contribution in [0.3, 0.4) is 0 Å². The quantitative estimate of drug-likeness (QED) is 0.0548. The highest BCUT2D eigenvalue weighted by molar-refractivity contribution is 6.32. The fraction of sp³-hybridized carbons (Fsp3) is 0.0714. The van der Waals surface area contributed by atoms with E-state index >= 15 is 0 Å². The number of rotatable bonds is 5.